The predicted octanol–water partition coefficient (Wildman–Crippen LogP) is 6.88. The van der Waals surface area contributed by atoms with E-state index < -0.39 is 0 Å². The lowest BCUT2D eigenvalue weighted by atomic mass is 10.0. The molecule has 130 valence electrons. The standard InChI is InChI=1S/C21H16Cl2N2S/c22-18-7-8-19(23)20(12-18)26-21(13-25-10-9-24-14-25)17-6-5-15-3-1-2-4-16(15)11-17/h1-12,14,21H,13H2. The molecule has 4 rings (SSSR count). The summed E-state index contributed by atoms with van der Waals surface area (Å²) in [6.07, 6.45) is 5.62. The zero-order valence-electron chi connectivity index (χ0n) is 13.8. The molecule has 0 aliphatic heterocycles. The molecule has 0 saturated carbocycles. The highest BCUT2D eigenvalue weighted by molar-refractivity contribution is 7.99. The number of hydrogen-bond donors (Lipinski definition) is 0. The minimum Gasteiger partial charge on any atom is -0.336 e. The molecule has 0 aliphatic carbocycles. The summed E-state index contributed by atoms with van der Waals surface area (Å²) in [4.78, 5) is 5.15. The van der Waals surface area contributed by atoms with Gasteiger partial charge in [-0.15, -0.1) is 11.8 Å². The Kier molecular flexibility index (Phi) is 5.21. The lowest BCUT2D eigenvalue weighted by molar-refractivity contribution is 0.684. The summed E-state index contributed by atoms with van der Waals surface area (Å²) in [5, 5.41) is 4.07. The van der Waals surface area contributed by atoms with E-state index in [0.29, 0.717) is 5.02 Å². The van der Waals surface area contributed by atoms with Crippen LogP contribution in [0.15, 0.2) is 84.3 Å². The fourth-order valence-electron chi connectivity index (χ4n) is 2.93. The Labute approximate surface area is 166 Å². The third kappa shape index (κ3) is 3.90. The van der Waals surface area contributed by atoms with Crippen LogP contribution >= 0.6 is 35.0 Å². The third-order valence-corrected chi connectivity index (χ3v) is 6.22. The second-order valence-electron chi connectivity index (χ2n) is 6.05. The summed E-state index contributed by atoms with van der Waals surface area (Å²) in [5.41, 5.74) is 1.25. The summed E-state index contributed by atoms with van der Waals surface area (Å²) in [5.74, 6) is 0. The van der Waals surface area contributed by atoms with E-state index in [1.165, 1.54) is 16.3 Å². The number of rotatable bonds is 5. The summed E-state index contributed by atoms with van der Waals surface area (Å²) in [7, 11) is 0. The van der Waals surface area contributed by atoms with E-state index in [2.05, 4.69) is 52.0 Å². The number of benzene rings is 3. The zero-order valence-corrected chi connectivity index (χ0v) is 16.2. The van der Waals surface area contributed by atoms with Gasteiger partial charge in [-0.05, 0) is 40.6 Å². The summed E-state index contributed by atoms with van der Waals surface area (Å²) < 4.78 is 2.09. The van der Waals surface area contributed by atoms with Crippen molar-refractivity contribution in [2.75, 3.05) is 0 Å². The van der Waals surface area contributed by atoms with Crippen LogP contribution in [0.4, 0.5) is 0 Å². The third-order valence-electron chi connectivity index (χ3n) is 4.24. The van der Waals surface area contributed by atoms with Gasteiger partial charge in [0, 0.05) is 28.9 Å². The van der Waals surface area contributed by atoms with Crippen molar-refractivity contribution in [3.8, 4) is 0 Å². The molecule has 4 aromatic rings. The van der Waals surface area contributed by atoms with Gasteiger partial charge >= 0.3 is 0 Å². The number of imidazole rings is 1. The van der Waals surface area contributed by atoms with Gasteiger partial charge in [-0.3, -0.25) is 0 Å². The van der Waals surface area contributed by atoms with Crippen LogP contribution in [-0.2, 0) is 6.54 Å². The molecule has 1 heterocycles. The quantitative estimate of drug-likeness (QED) is 0.341. The van der Waals surface area contributed by atoms with E-state index in [1.54, 1.807) is 18.0 Å². The van der Waals surface area contributed by atoms with Gasteiger partial charge < -0.3 is 4.57 Å². The molecule has 1 aromatic heterocycles. The molecule has 0 fully saturated rings. The summed E-state index contributed by atoms with van der Waals surface area (Å²) >= 11 is 14.3. The van der Waals surface area contributed by atoms with Gasteiger partial charge in [0.1, 0.15) is 0 Å². The lowest BCUT2D eigenvalue weighted by Crippen LogP contribution is -2.05. The Bertz CT molecular complexity index is 1030. The Balaban J connectivity index is 1.72. The van der Waals surface area contributed by atoms with Crippen LogP contribution in [0, 0.1) is 0 Å². The largest absolute Gasteiger partial charge is 0.336 e. The predicted molar refractivity (Wildman–Crippen MR) is 111 cm³/mol. The summed E-state index contributed by atoms with van der Waals surface area (Å²) in [6.45, 7) is 0.797. The van der Waals surface area contributed by atoms with Crippen LogP contribution in [-0.4, -0.2) is 9.55 Å². The first-order valence-corrected chi connectivity index (χ1v) is 9.89. The molecule has 1 atom stereocenters. The molecule has 26 heavy (non-hydrogen) atoms. The molecule has 0 N–H and O–H groups in total. The zero-order chi connectivity index (χ0) is 17.9. The summed E-state index contributed by atoms with van der Waals surface area (Å²) in [6, 6.07) is 20.6. The highest BCUT2D eigenvalue weighted by Crippen LogP contribution is 2.41. The second-order valence-corrected chi connectivity index (χ2v) is 8.14. The van der Waals surface area contributed by atoms with E-state index in [9.17, 15) is 0 Å². The molecule has 5 heteroatoms. The number of aromatic nitrogens is 2. The average molecular weight is 399 g/mol. The highest BCUT2D eigenvalue weighted by Gasteiger charge is 2.17. The number of thioether (sulfide) groups is 1. The molecule has 2 nitrogen and oxygen atoms in total. The van der Waals surface area contributed by atoms with Gasteiger partial charge in [-0.1, -0.05) is 59.6 Å². The molecule has 0 spiro atoms. The second kappa shape index (κ2) is 7.75. The van der Waals surface area contributed by atoms with Crippen LogP contribution < -0.4 is 0 Å². The Morgan fingerprint density at radius 1 is 0.962 bits per heavy atom. The normalized spacial score (nSPS) is 12.4. The van der Waals surface area contributed by atoms with E-state index in [0.717, 1.165) is 16.5 Å². The molecule has 0 radical (unpaired) electrons. The van der Waals surface area contributed by atoms with Gasteiger partial charge in [0.2, 0.25) is 0 Å². The van der Waals surface area contributed by atoms with Crippen molar-refractivity contribution in [3.05, 3.63) is 95.0 Å². The fourth-order valence-corrected chi connectivity index (χ4v) is 4.63. The number of halogens is 2. The van der Waals surface area contributed by atoms with Crippen molar-refractivity contribution in [3.63, 3.8) is 0 Å². The van der Waals surface area contributed by atoms with Crippen LogP contribution in [0.5, 0.6) is 0 Å². The number of fused-ring (bicyclic) bond motifs is 1. The van der Waals surface area contributed by atoms with Crippen molar-refractivity contribution in [2.24, 2.45) is 0 Å². The molecular weight excluding hydrogens is 383 g/mol. The van der Waals surface area contributed by atoms with Crippen molar-refractivity contribution in [1.29, 1.82) is 0 Å². The fraction of sp³-hybridized carbons (Fsp3) is 0.0952. The van der Waals surface area contributed by atoms with E-state index >= 15 is 0 Å². The maximum Gasteiger partial charge on any atom is 0.0946 e. The van der Waals surface area contributed by atoms with Gasteiger partial charge in [-0.25, -0.2) is 4.98 Å². The molecule has 0 aliphatic rings. The Hall–Kier alpha value is -1.94. The number of nitrogens with zero attached hydrogens (tertiary/aromatic N) is 2. The maximum atomic E-state index is 6.41. The Morgan fingerprint density at radius 2 is 1.81 bits per heavy atom. The lowest BCUT2D eigenvalue weighted by Gasteiger charge is -2.19. The van der Waals surface area contributed by atoms with Crippen molar-refractivity contribution >= 4 is 45.7 Å². The van der Waals surface area contributed by atoms with Gasteiger partial charge in [0.25, 0.3) is 0 Å². The SMILES string of the molecule is Clc1ccc(Cl)c(SC(Cn2ccnc2)c2ccc3ccccc3c2)c1. The van der Waals surface area contributed by atoms with Crippen LogP contribution in [0.2, 0.25) is 10.0 Å². The molecule has 3 aromatic carbocycles. The highest BCUT2D eigenvalue weighted by atomic mass is 35.5. The number of hydrogen-bond acceptors (Lipinski definition) is 2. The Morgan fingerprint density at radius 3 is 2.62 bits per heavy atom. The van der Waals surface area contributed by atoms with Crippen LogP contribution in [0.3, 0.4) is 0 Å². The van der Waals surface area contributed by atoms with Crippen LogP contribution in [0.1, 0.15) is 10.8 Å². The van der Waals surface area contributed by atoms with Crippen LogP contribution in [0.25, 0.3) is 10.8 Å². The van der Waals surface area contributed by atoms with Gasteiger partial charge in [0.05, 0.1) is 16.6 Å². The van der Waals surface area contributed by atoms with E-state index in [4.69, 9.17) is 23.2 Å². The van der Waals surface area contributed by atoms with E-state index in [-0.39, 0.29) is 5.25 Å². The van der Waals surface area contributed by atoms with Gasteiger partial charge in [-0.2, -0.15) is 0 Å². The molecule has 0 amide bonds. The first-order valence-electron chi connectivity index (χ1n) is 8.25. The average Bonchev–Trinajstić information content (AvgIpc) is 3.17. The van der Waals surface area contributed by atoms with E-state index in [1.807, 2.05) is 30.7 Å². The smallest absolute Gasteiger partial charge is 0.0946 e. The molecule has 1 unspecified atom stereocenters. The van der Waals surface area contributed by atoms with Crippen molar-refractivity contribution in [1.82, 2.24) is 9.55 Å². The van der Waals surface area contributed by atoms with Crippen molar-refractivity contribution in [2.45, 2.75) is 16.7 Å². The molecular formula is C21H16Cl2N2S. The monoisotopic (exact) mass is 398 g/mol. The molecule has 0 saturated heterocycles. The minimum absolute atomic E-state index is 0.185. The first-order chi connectivity index (χ1) is 12.7. The minimum atomic E-state index is 0.185. The topological polar surface area (TPSA) is 17.8 Å². The van der Waals surface area contributed by atoms with Gasteiger partial charge in [0.15, 0.2) is 0 Å². The molecule has 0 bridgehead atoms. The van der Waals surface area contributed by atoms with Crippen molar-refractivity contribution < 1.29 is 0 Å². The first kappa shape index (κ1) is 17.5. The maximum absolute atomic E-state index is 6.41.